The second kappa shape index (κ2) is 8.29. The highest BCUT2D eigenvalue weighted by Gasteiger charge is 2.19. The third-order valence-corrected chi connectivity index (χ3v) is 4.35. The van der Waals surface area contributed by atoms with Crippen LogP contribution in [0.1, 0.15) is 33.6 Å². The van der Waals surface area contributed by atoms with Gasteiger partial charge in [-0.3, -0.25) is 9.59 Å². The number of benzene rings is 2. The van der Waals surface area contributed by atoms with E-state index in [0.717, 1.165) is 18.9 Å². The number of carbonyl (C=O) groups excluding carboxylic acids is 2. The molecule has 1 aliphatic heterocycles. The van der Waals surface area contributed by atoms with Gasteiger partial charge in [-0.2, -0.15) is 0 Å². The fourth-order valence-corrected chi connectivity index (χ4v) is 2.92. The molecular weight excluding hydrogens is 359 g/mol. The van der Waals surface area contributed by atoms with E-state index in [-0.39, 0.29) is 22.6 Å². The maximum absolute atomic E-state index is 13.9. The van der Waals surface area contributed by atoms with Gasteiger partial charge >= 0.3 is 0 Å². The quantitative estimate of drug-likeness (QED) is 0.837. The van der Waals surface area contributed by atoms with Gasteiger partial charge in [-0.1, -0.05) is 23.7 Å². The minimum Gasteiger partial charge on any atom is -0.376 e. The Morgan fingerprint density at radius 1 is 1.15 bits per heavy atom. The number of nitrogens with one attached hydrogen (secondary N) is 2. The molecule has 7 heteroatoms. The first kappa shape index (κ1) is 18.4. The first-order valence-corrected chi connectivity index (χ1v) is 8.67. The fourth-order valence-electron chi connectivity index (χ4n) is 2.76. The van der Waals surface area contributed by atoms with Crippen molar-refractivity contribution in [2.45, 2.75) is 18.9 Å². The zero-order chi connectivity index (χ0) is 18.5. The smallest absolute Gasteiger partial charge is 0.258 e. The van der Waals surface area contributed by atoms with Gasteiger partial charge in [-0.15, -0.1) is 0 Å². The Kier molecular flexibility index (Phi) is 5.85. The molecule has 2 amide bonds. The molecule has 1 fully saturated rings. The van der Waals surface area contributed by atoms with Crippen LogP contribution < -0.4 is 10.6 Å². The molecule has 1 unspecified atom stereocenters. The van der Waals surface area contributed by atoms with Crippen molar-refractivity contribution in [3.05, 3.63) is 64.4 Å². The summed E-state index contributed by atoms with van der Waals surface area (Å²) in [7, 11) is 0. The number of halogens is 2. The van der Waals surface area contributed by atoms with Crippen molar-refractivity contribution in [2.75, 3.05) is 18.5 Å². The lowest BCUT2D eigenvalue weighted by atomic mass is 10.1. The maximum Gasteiger partial charge on any atom is 0.258 e. The molecule has 0 saturated carbocycles. The van der Waals surface area contributed by atoms with Crippen LogP contribution in [0.3, 0.4) is 0 Å². The van der Waals surface area contributed by atoms with Gasteiger partial charge in [0.05, 0.1) is 22.9 Å². The highest BCUT2D eigenvalue weighted by molar-refractivity contribution is 6.30. The van der Waals surface area contributed by atoms with Gasteiger partial charge in [0.1, 0.15) is 5.82 Å². The van der Waals surface area contributed by atoms with Gasteiger partial charge in [-0.25, -0.2) is 4.39 Å². The first-order chi connectivity index (χ1) is 12.5. The monoisotopic (exact) mass is 376 g/mol. The SMILES string of the molecule is O=C(Nc1ccccc1C(=O)NCC1CCCO1)c1ccc(Cl)cc1F. The first-order valence-electron chi connectivity index (χ1n) is 8.30. The zero-order valence-electron chi connectivity index (χ0n) is 13.9. The average Bonchev–Trinajstić information content (AvgIpc) is 3.13. The van der Waals surface area contributed by atoms with Crippen molar-refractivity contribution in [1.82, 2.24) is 5.32 Å². The zero-order valence-corrected chi connectivity index (χ0v) is 14.7. The normalized spacial score (nSPS) is 16.3. The molecule has 0 aromatic heterocycles. The van der Waals surface area contributed by atoms with Crippen LogP contribution in [0.5, 0.6) is 0 Å². The van der Waals surface area contributed by atoms with Gasteiger partial charge in [0.2, 0.25) is 0 Å². The van der Waals surface area contributed by atoms with E-state index in [0.29, 0.717) is 24.4 Å². The van der Waals surface area contributed by atoms with Crippen LogP contribution >= 0.6 is 11.6 Å². The number of amides is 2. The van der Waals surface area contributed by atoms with E-state index in [2.05, 4.69) is 10.6 Å². The lowest BCUT2D eigenvalue weighted by molar-refractivity contribution is 0.0858. The standard InChI is InChI=1S/C19H18ClFN2O3/c20-12-7-8-14(16(21)10-12)19(25)23-17-6-2-1-5-15(17)18(24)22-11-13-4-3-9-26-13/h1-2,5-8,10,13H,3-4,9,11H2,(H,22,24)(H,23,25). The number of anilines is 1. The number of carbonyl (C=O) groups is 2. The molecule has 1 saturated heterocycles. The summed E-state index contributed by atoms with van der Waals surface area (Å²) in [6.07, 6.45) is 1.91. The molecule has 2 aromatic carbocycles. The molecule has 1 heterocycles. The summed E-state index contributed by atoms with van der Waals surface area (Å²) in [6, 6.07) is 10.4. The molecule has 26 heavy (non-hydrogen) atoms. The Hall–Kier alpha value is -2.44. The average molecular weight is 377 g/mol. The summed E-state index contributed by atoms with van der Waals surface area (Å²) < 4.78 is 19.4. The summed E-state index contributed by atoms with van der Waals surface area (Å²) in [5, 5.41) is 5.59. The molecule has 0 spiro atoms. The molecule has 2 N–H and O–H groups in total. The largest absolute Gasteiger partial charge is 0.376 e. The lowest BCUT2D eigenvalue weighted by Gasteiger charge is -2.14. The number of hydrogen-bond acceptors (Lipinski definition) is 3. The Bertz CT molecular complexity index is 822. The van der Waals surface area contributed by atoms with Crippen molar-refractivity contribution in [2.24, 2.45) is 0 Å². The molecule has 1 atom stereocenters. The highest BCUT2D eigenvalue weighted by Crippen LogP contribution is 2.19. The number of hydrogen-bond donors (Lipinski definition) is 2. The molecule has 3 rings (SSSR count). The summed E-state index contributed by atoms with van der Waals surface area (Å²) >= 11 is 5.70. The molecule has 0 radical (unpaired) electrons. The van der Waals surface area contributed by atoms with Crippen LogP contribution in [0.15, 0.2) is 42.5 Å². The molecule has 2 aromatic rings. The second-order valence-electron chi connectivity index (χ2n) is 5.97. The Balaban J connectivity index is 1.71. The van der Waals surface area contributed by atoms with Crippen molar-refractivity contribution >= 4 is 29.1 Å². The van der Waals surface area contributed by atoms with Gasteiger partial charge in [-0.05, 0) is 43.2 Å². The van der Waals surface area contributed by atoms with E-state index >= 15 is 0 Å². The number of rotatable bonds is 5. The molecule has 1 aliphatic rings. The predicted octanol–water partition coefficient (Wildman–Crippen LogP) is 3.64. The third-order valence-electron chi connectivity index (χ3n) is 4.11. The van der Waals surface area contributed by atoms with E-state index < -0.39 is 11.7 Å². The molecule has 136 valence electrons. The third kappa shape index (κ3) is 4.39. The fraction of sp³-hybridized carbons (Fsp3) is 0.263. The second-order valence-corrected chi connectivity index (χ2v) is 6.41. The van der Waals surface area contributed by atoms with E-state index in [1.54, 1.807) is 24.3 Å². The van der Waals surface area contributed by atoms with Crippen LogP contribution in [-0.4, -0.2) is 31.1 Å². The Labute approximate surface area is 155 Å². The van der Waals surface area contributed by atoms with E-state index in [1.807, 2.05) is 0 Å². The van der Waals surface area contributed by atoms with Crippen LogP contribution in [0.4, 0.5) is 10.1 Å². The van der Waals surface area contributed by atoms with Crippen molar-refractivity contribution in [1.29, 1.82) is 0 Å². The van der Waals surface area contributed by atoms with Gasteiger partial charge in [0.15, 0.2) is 0 Å². The Morgan fingerprint density at radius 3 is 2.69 bits per heavy atom. The van der Waals surface area contributed by atoms with Crippen LogP contribution in [0, 0.1) is 5.82 Å². The van der Waals surface area contributed by atoms with Gasteiger partial charge in [0, 0.05) is 18.2 Å². The lowest BCUT2D eigenvalue weighted by Crippen LogP contribution is -2.32. The van der Waals surface area contributed by atoms with Crippen LogP contribution in [0.25, 0.3) is 0 Å². The van der Waals surface area contributed by atoms with E-state index in [1.165, 1.54) is 12.1 Å². The summed E-state index contributed by atoms with van der Waals surface area (Å²) in [5.74, 6) is -1.71. The summed E-state index contributed by atoms with van der Waals surface area (Å²) in [5.41, 5.74) is 0.453. The molecule has 0 bridgehead atoms. The van der Waals surface area contributed by atoms with Crippen molar-refractivity contribution < 1.29 is 18.7 Å². The van der Waals surface area contributed by atoms with Gasteiger partial charge < -0.3 is 15.4 Å². The maximum atomic E-state index is 13.9. The Morgan fingerprint density at radius 2 is 1.96 bits per heavy atom. The van der Waals surface area contributed by atoms with Gasteiger partial charge in [0.25, 0.3) is 11.8 Å². The van der Waals surface area contributed by atoms with E-state index in [4.69, 9.17) is 16.3 Å². The molecule has 5 nitrogen and oxygen atoms in total. The molecule has 0 aliphatic carbocycles. The van der Waals surface area contributed by atoms with E-state index in [9.17, 15) is 14.0 Å². The number of para-hydroxylation sites is 1. The van der Waals surface area contributed by atoms with Crippen molar-refractivity contribution in [3.63, 3.8) is 0 Å². The highest BCUT2D eigenvalue weighted by atomic mass is 35.5. The minimum atomic E-state index is -0.727. The number of ether oxygens (including phenoxy) is 1. The van der Waals surface area contributed by atoms with Crippen LogP contribution in [-0.2, 0) is 4.74 Å². The summed E-state index contributed by atoms with van der Waals surface area (Å²) in [6.45, 7) is 1.12. The summed E-state index contributed by atoms with van der Waals surface area (Å²) in [4.78, 5) is 24.8. The topological polar surface area (TPSA) is 67.4 Å². The van der Waals surface area contributed by atoms with Crippen molar-refractivity contribution in [3.8, 4) is 0 Å². The molecular formula is C19H18ClFN2O3. The van der Waals surface area contributed by atoms with Crippen LogP contribution in [0.2, 0.25) is 5.02 Å². The minimum absolute atomic E-state index is 0.0175. The predicted molar refractivity (Wildman–Crippen MR) is 97.1 cm³/mol.